The maximum Gasteiger partial charge on any atom is 0.301 e. The number of aromatic amines is 1. The number of anilines is 1. The van der Waals surface area contributed by atoms with Gasteiger partial charge in [0.2, 0.25) is 0 Å². The highest BCUT2D eigenvalue weighted by molar-refractivity contribution is 7.90. The molecule has 4 aromatic rings. The molecule has 0 amide bonds. The fourth-order valence-corrected chi connectivity index (χ4v) is 4.94. The Bertz CT molecular complexity index is 1560. The summed E-state index contributed by atoms with van der Waals surface area (Å²) in [5.41, 5.74) is 1.59. The summed E-state index contributed by atoms with van der Waals surface area (Å²) < 4.78 is 43.8. The van der Waals surface area contributed by atoms with Crippen LogP contribution in [0, 0.1) is 5.82 Å². The average molecular weight is 509 g/mol. The lowest BCUT2D eigenvalue weighted by atomic mass is 10.0. The van der Waals surface area contributed by atoms with Crippen LogP contribution in [-0.2, 0) is 10.2 Å². The van der Waals surface area contributed by atoms with E-state index in [0.29, 0.717) is 17.0 Å². The molecule has 0 unspecified atom stereocenters. The van der Waals surface area contributed by atoms with Crippen molar-refractivity contribution < 1.29 is 17.6 Å². The predicted molar refractivity (Wildman–Crippen MR) is 134 cm³/mol. The standard InChI is InChI=1S/C25H25FN6O3S/c1-14(2)32(3)36(34,35)31-21-6-4-5-18(22(21)26)23(33)20-13-30-25-19(20)9-16(10-29-25)17-11-27-24(28-12-17)15-7-8-15/h4-6,9-15,31H,7-8H2,1-3H3,(H,29,30). The van der Waals surface area contributed by atoms with Gasteiger partial charge in [-0.25, -0.2) is 19.3 Å². The second-order valence-electron chi connectivity index (χ2n) is 9.14. The summed E-state index contributed by atoms with van der Waals surface area (Å²) in [4.78, 5) is 29.6. The molecule has 2 N–H and O–H groups in total. The van der Waals surface area contributed by atoms with Crippen LogP contribution in [0.3, 0.4) is 0 Å². The number of H-pyrrole nitrogens is 1. The quantitative estimate of drug-likeness (QED) is 0.343. The molecule has 1 aliphatic carbocycles. The van der Waals surface area contributed by atoms with E-state index in [0.717, 1.165) is 34.1 Å². The lowest BCUT2D eigenvalue weighted by Crippen LogP contribution is -2.37. The largest absolute Gasteiger partial charge is 0.345 e. The van der Waals surface area contributed by atoms with Crippen molar-refractivity contribution in [1.82, 2.24) is 24.2 Å². The van der Waals surface area contributed by atoms with Gasteiger partial charge in [-0.3, -0.25) is 9.52 Å². The van der Waals surface area contributed by atoms with Gasteiger partial charge < -0.3 is 4.98 Å². The van der Waals surface area contributed by atoms with Gasteiger partial charge in [0.1, 0.15) is 11.5 Å². The SMILES string of the molecule is CC(C)N(C)S(=O)(=O)Nc1cccc(C(=O)c2c[nH]c3ncc(-c4cnc(C5CC5)nc4)cc23)c1F. The van der Waals surface area contributed by atoms with E-state index in [1.807, 2.05) is 0 Å². The number of pyridine rings is 1. The van der Waals surface area contributed by atoms with Gasteiger partial charge in [0, 0.05) is 65.9 Å². The number of carbonyl (C=O) groups is 1. The molecule has 9 nitrogen and oxygen atoms in total. The second kappa shape index (κ2) is 9.07. The number of rotatable bonds is 8. The number of benzene rings is 1. The molecule has 1 saturated carbocycles. The van der Waals surface area contributed by atoms with Crippen LogP contribution in [0.5, 0.6) is 0 Å². The highest BCUT2D eigenvalue weighted by atomic mass is 32.2. The van der Waals surface area contributed by atoms with Gasteiger partial charge in [-0.2, -0.15) is 12.7 Å². The van der Waals surface area contributed by atoms with Crippen LogP contribution >= 0.6 is 0 Å². The normalized spacial score (nSPS) is 14.1. The molecule has 5 rings (SSSR count). The van der Waals surface area contributed by atoms with Crippen molar-refractivity contribution in [2.75, 3.05) is 11.8 Å². The molecular weight excluding hydrogens is 483 g/mol. The molecule has 0 aliphatic heterocycles. The van der Waals surface area contributed by atoms with Crippen LogP contribution in [0.15, 0.2) is 49.1 Å². The van der Waals surface area contributed by atoms with Crippen molar-refractivity contribution in [3.63, 3.8) is 0 Å². The van der Waals surface area contributed by atoms with Gasteiger partial charge in [0.15, 0.2) is 11.6 Å². The number of ketones is 1. The Hall–Kier alpha value is -3.70. The third kappa shape index (κ3) is 4.47. The fraction of sp³-hybridized carbons (Fsp3) is 0.280. The highest BCUT2D eigenvalue weighted by Gasteiger charge is 2.27. The zero-order valence-corrected chi connectivity index (χ0v) is 20.8. The monoisotopic (exact) mass is 508 g/mol. The van der Waals surface area contributed by atoms with Crippen molar-refractivity contribution in [1.29, 1.82) is 0 Å². The number of nitrogens with one attached hydrogen (secondary N) is 2. The zero-order chi connectivity index (χ0) is 25.6. The van der Waals surface area contributed by atoms with Crippen molar-refractivity contribution in [2.24, 2.45) is 0 Å². The summed E-state index contributed by atoms with van der Waals surface area (Å²) in [5, 5.41) is 0.508. The average Bonchev–Trinajstić information content (AvgIpc) is 3.63. The van der Waals surface area contributed by atoms with Crippen LogP contribution in [0.4, 0.5) is 10.1 Å². The summed E-state index contributed by atoms with van der Waals surface area (Å²) >= 11 is 0. The number of hydrogen-bond acceptors (Lipinski definition) is 6. The van der Waals surface area contributed by atoms with Gasteiger partial charge >= 0.3 is 10.2 Å². The topological polar surface area (TPSA) is 121 Å². The van der Waals surface area contributed by atoms with Crippen molar-refractivity contribution in [3.05, 3.63) is 71.8 Å². The van der Waals surface area contributed by atoms with E-state index in [1.54, 1.807) is 38.5 Å². The van der Waals surface area contributed by atoms with E-state index in [4.69, 9.17) is 0 Å². The third-order valence-corrected chi connectivity index (χ3v) is 7.97. The molecule has 3 heterocycles. The van der Waals surface area contributed by atoms with Crippen molar-refractivity contribution in [3.8, 4) is 11.1 Å². The molecule has 0 saturated heterocycles. The number of carbonyl (C=O) groups excluding carboxylic acids is 1. The van der Waals surface area contributed by atoms with Crippen LogP contribution in [0.25, 0.3) is 22.2 Å². The van der Waals surface area contributed by atoms with E-state index < -0.39 is 21.8 Å². The Labute approximate surface area is 208 Å². The van der Waals surface area contributed by atoms with Crippen molar-refractivity contribution in [2.45, 2.75) is 38.6 Å². The van der Waals surface area contributed by atoms with Gasteiger partial charge in [0.05, 0.1) is 11.3 Å². The van der Waals surface area contributed by atoms with Gasteiger partial charge in [-0.15, -0.1) is 0 Å². The lowest BCUT2D eigenvalue weighted by molar-refractivity contribution is 0.103. The number of aromatic nitrogens is 4. The number of fused-ring (bicyclic) bond motifs is 1. The summed E-state index contributed by atoms with van der Waals surface area (Å²) in [5.74, 6) is -0.285. The van der Waals surface area contributed by atoms with Gasteiger partial charge in [-0.1, -0.05) is 6.07 Å². The first kappa shape index (κ1) is 24.0. The Morgan fingerprint density at radius 1 is 1.11 bits per heavy atom. The fourth-order valence-electron chi connectivity index (χ4n) is 3.81. The zero-order valence-electron chi connectivity index (χ0n) is 20.0. The molecule has 186 valence electrons. The number of halogens is 1. The molecule has 0 atom stereocenters. The Morgan fingerprint density at radius 3 is 2.47 bits per heavy atom. The maximum absolute atomic E-state index is 15.4. The molecular formula is C25H25FN6O3S. The molecule has 36 heavy (non-hydrogen) atoms. The molecule has 3 aromatic heterocycles. The van der Waals surface area contributed by atoms with E-state index in [9.17, 15) is 13.2 Å². The van der Waals surface area contributed by atoms with E-state index in [-0.39, 0.29) is 22.9 Å². The molecule has 0 radical (unpaired) electrons. The van der Waals surface area contributed by atoms with Crippen LogP contribution < -0.4 is 4.72 Å². The van der Waals surface area contributed by atoms with Crippen LogP contribution in [0.2, 0.25) is 0 Å². The second-order valence-corrected chi connectivity index (χ2v) is 10.9. The number of hydrogen-bond donors (Lipinski definition) is 2. The molecule has 11 heteroatoms. The molecule has 1 fully saturated rings. The molecule has 0 spiro atoms. The first-order valence-corrected chi connectivity index (χ1v) is 13.0. The van der Waals surface area contributed by atoms with Crippen molar-refractivity contribution >= 4 is 32.7 Å². The van der Waals surface area contributed by atoms with E-state index in [2.05, 4.69) is 24.7 Å². The summed E-state index contributed by atoms with van der Waals surface area (Å²) in [6.45, 7) is 3.39. The minimum absolute atomic E-state index is 0.216. The third-order valence-electron chi connectivity index (χ3n) is 6.31. The summed E-state index contributed by atoms with van der Waals surface area (Å²) in [6, 6.07) is 5.48. The van der Waals surface area contributed by atoms with Crippen LogP contribution in [0.1, 0.15) is 54.4 Å². The molecule has 0 bridgehead atoms. The summed E-state index contributed by atoms with van der Waals surface area (Å²) in [6.07, 6.45) is 8.82. The predicted octanol–water partition coefficient (Wildman–Crippen LogP) is 4.26. The Balaban J connectivity index is 1.48. The molecule has 1 aliphatic rings. The van der Waals surface area contributed by atoms with Gasteiger partial charge in [0.25, 0.3) is 0 Å². The van der Waals surface area contributed by atoms with E-state index >= 15 is 4.39 Å². The van der Waals surface area contributed by atoms with E-state index in [1.165, 1.54) is 31.4 Å². The first-order chi connectivity index (χ1) is 17.2. The Morgan fingerprint density at radius 2 is 1.81 bits per heavy atom. The van der Waals surface area contributed by atoms with Crippen LogP contribution in [-0.4, -0.2) is 51.5 Å². The highest BCUT2D eigenvalue weighted by Crippen LogP contribution is 2.38. The Kier molecular flexibility index (Phi) is 6.05. The molecule has 1 aromatic carbocycles. The lowest BCUT2D eigenvalue weighted by Gasteiger charge is -2.22. The van der Waals surface area contributed by atoms with Gasteiger partial charge in [-0.05, 0) is 44.9 Å². The minimum atomic E-state index is -4.00. The maximum atomic E-state index is 15.4. The smallest absolute Gasteiger partial charge is 0.301 e. The summed E-state index contributed by atoms with van der Waals surface area (Å²) in [7, 11) is -2.61. The minimum Gasteiger partial charge on any atom is -0.345 e. The number of nitrogens with zero attached hydrogens (tertiary/aromatic N) is 4. The first-order valence-electron chi connectivity index (χ1n) is 11.5.